The zero-order valence-electron chi connectivity index (χ0n) is 19.0. The highest BCUT2D eigenvalue weighted by molar-refractivity contribution is 7.98. The van der Waals surface area contributed by atoms with Crippen molar-refractivity contribution < 1.29 is 0 Å². The highest BCUT2D eigenvalue weighted by Crippen LogP contribution is 2.26. The Morgan fingerprint density at radius 2 is 1.66 bits per heavy atom. The first kappa shape index (κ1) is 21.3. The van der Waals surface area contributed by atoms with Crippen LogP contribution in [0, 0.1) is 13.8 Å². The lowest BCUT2D eigenvalue weighted by Gasteiger charge is -2.13. The largest absolute Gasteiger partial charge is 0.269 e. The molecule has 2 aromatic carbocycles. The molecule has 0 amide bonds. The maximum absolute atomic E-state index is 13.5. The Balaban J connectivity index is 1.51. The van der Waals surface area contributed by atoms with Crippen LogP contribution in [0.3, 0.4) is 0 Å². The minimum Gasteiger partial charge on any atom is -0.269 e. The van der Waals surface area contributed by atoms with Crippen LogP contribution >= 0.6 is 11.8 Å². The fraction of sp³-hybridized carbons (Fsp3) is 0.115. The summed E-state index contributed by atoms with van der Waals surface area (Å²) in [5.74, 6) is 0.867. The van der Waals surface area contributed by atoms with E-state index >= 15 is 0 Å². The number of aryl methyl sites for hydroxylation is 2. The Morgan fingerprint density at radius 1 is 0.886 bits per heavy atom. The molecule has 6 aromatic rings. The fourth-order valence-corrected chi connectivity index (χ4v) is 5.16. The third-order valence-corrected chi connectivity index (χ3v) is 7.00. The van der Waals surface area contributed by atoms with Gasteiger partial charge in [0.25, 0.3) is 11.1 Å². The summed E-state index contributed by atoms with van der Waals surface area (Å²) in [6.07, 6.45) is 1.72. The van der Waals surface area contributed by atoms with Crippen LogP contribution in [-0.2, 0) is 5.75 Å². The molecule has 0 saturated carbocycles. The third-order valence-electron chi connectivity index (χ3n) is 6.04. The van der Waals surface area contributed by atoms with Gasteiger partial charge in [0.15, 0.2) is 5.16 Å². The van der Waals surface area contributed by atoms with E-state index in [4.69, 9.17) is 4.98 Å². The van der Waals surface area contributed by atoms with Crippen LogP contribution in [0.25, 0.3) is 28.0 Å². The number of thioether (sulfide) groups is 1. The van der Waals surface area contributed by atoms with E-state index in [-0.39, 0.29) is 11.1 Å². The molecule has 0 unspecified atom stereocenters. The molecule has 0 aliphatic heterocycles. The molecule has 4 heterocycles. The average Bonchev–Trinajstić information content (AvgIpc) is 3.28. The first-order valence-corrected chi connectivity index (χ1v) is 12.1. The van der Waals surface area contributed by atoms with E-state index < -0.39 is 0 Å². The summed E-state index contributed by atoms with van der Waals surface area (Å²) in [4.78, 5) is 30.8. The minimum absolute atomic E-state index is 0.126. The Morgan fingerprint density at radius 3 is 2.51 bits per heavy atom. The monoisotopic (exact) mass is 480 g/mol. The first-order valence-electron chi connectivity index (χ1n) is 11.1. The highest BCUT2D eigenvalue weighted by atomic mass is 32.2. The summed E-state index contributed by atoms with van der Waals surface area (Å²) in [5.41, 5.74) is 4.40. The van der Waals surface area contributed by atoms with Gasteiger partial charge < -0.3 is 0 Å². The molecular formula is C26H20N6O2S. The second-order valence-corrected chi connectivity index (χ2v) is 9.26. The number of benzene rings is 2. The van der Waals surface area contributed by atoms with Crippen molar-refractivity contribution in [2.75, 3.05) is 0 Å². The molecule has 0 aliphatic carbocycles. The van der Waals surface area contributed by atoms with Crippen LogP contribution in [-0.4, -0.2) is 28.5 Å². The van der Waals surface area contributed by atoms with E-state index in [1.807, 2.05) is 78.9 Å². The molecule has 0 saturated heterocycles. The Bertz CT molecular complexity index is 1890. The Labute approximate surface area is 203 Å². The van der Waals surface area contributed by atoms with Crippen LogP contribution in [0.15, 0.2) is 87.7 Å². The average molecular weight is 481 g/mol. The van der Waals surface area contributed by atoms with Crippen LogP contribution < -0.4 is 11.1 Å². The second-order valence-electron chi connectivity index (χ2n) is 8.32. The van der Waals surface area contributed by atoms with Crippen molar-refractivity contribution >= 4 is 34.1 Å². The lowest BCUT2D eigenvalue weighted by Crippen LogP contribution is -2.22. The maximum atomic E-state index is 13.5. The van der Waals surface area contributed by atoms with E-state index in [0.29, 0.717) is 33.4 Å². The number of hydrogen-bond acceptors (Lipinski definition) is 6. The summed E-state index contributed by atoms with van der Waals surface area (Å²) >= 11 is 1.42. The maximum Gasteiger partial charge on any atom is 0.267 e. The number of fused-ring (bicyclic) bond motifs is 4. The van der Waals surface area contributed by atoms with Gasteiger partial charge in [-0.25, -0.2) is 9.55 Å². The molecule has 35 heavy (non-hydrogen) atoms. The van der Waals surface area contributed by atoms with Gasteiger partial charge in [-0.2, -0.15) is 0 Å². The Hall–Kier alpha value is -4.24. The molecule has 0 aliphatic rings. The SMILES string of the molecule is Cc1ccccc1-n1c(=O)c2ccccc2n2c(SCc3cc(=O)n4cccc(C)c4n3)nnc12. The van der Waals surface area contributed by atoms with Crippen LogP contribution in [0.2, 0.25) is 0 Å². The number of hydrogen-bond donors (Lipinski definition) is 0. The molecule has 0 spiro atoms. The van der Waals surface area contributed by atoms with Gasteiger partial charge >= 0.3 is 0 Å². The van der Waals surface area contributed by atoms with E-state index in [9.17, 15) is 9.59 Å². The van der Waals surface area contributed by atoms with E-state index in [1.165, 1.54) is 11.8 Å². The first-order chi connectivity index (χ1) is 17.0. The highest BCUT2D eigenvalue weighted by Gasteiger charge is 2.19. The van der Waals surface area contributed by atoms with Crippen molar-refractivity contribution in [3.05, 3.63) is 110 Å². The smallest absolute Gasteiger partial charge is 0.267 e. The molecule has 8 nitrogen and oxygen atoms in total. The van der Waals surface area contributed by atoms with E-state index in [1.54, 1.807) is 21.2 Å². The summed E-state index contributed by atoms with van der Waals surface area (Å²) in [6, 6.07) is 20.5. The van der Waals surface area contributed by atoms with Gasteiger partial charge in [-0.1, -0.05) is 48.2 Å². The predicted octanol–water partition coefficient (Wildman–Crippen LogP) is 3.95. The van der Waals surface area contributed by atoms with Gasteiger partial charge in [-0.15, -0.1) is 10.2 Å². The van der Waals surface area contributed by atoms with Crippen molar-refractivity contribution in [1.29, 1.82) is 0 Å². The molecule has 172 valence electrons. The zero-order chi connectivity index (χ0) is 24.1. The second kappa shape index (κ2) is 8.21. The van der Waals surface area contributed by atoms with Gasteiger partial charge in [0.05, 0.1) is 22.3 Å². The van der Waals surface area contributed by atoms with Crippen molar-refractivity contribution in [3.8, 4) is 5.69 Å². The van der Waals surface area contributed by atoms with Crippen LogP contribution in [0.1, 0.15) is 16.8 Å². The van der Waals surface area contributed by atoms with Gasteiger partial charge in [-0.3, -0.25) is 18.4 Å². The van der Waals surface area contributed by atoms with Crippen LogP contribution in [0.5, 0.6) is 0 Å². The predicted molar refractivity (Wildman–Crippen MR) is 137 cm³/mol. The molecule has 0 radical (unpaired) electrons. The fourth-order valence-electron chi connectivity index (χ4n) is 4.32. The van der Waals surface area contributed by atoms with Crippen molar-refractivity contribution in [2.45, 2.75) is 24.8 Å². The third kappa shape index (κ3) is 3.43. The number of rotatable bonds is 4. The quantitative estimate of drug-likeness (QED) is 0.355. The van der Waals surface area contributed by atoms with Crippen molar-refractivity contribution in [1.82, 2.24) is 28.5 Å². The molecule has 0 N–H and O–H groups in total. The number of nitrogens with zero attached hydrogens (tertiary/aromatic N) is 6. The standard InChI is InChI=1S/C26H20N6O2S/c1-16-8-3-5-11-20(16)31-24(34)19-10-4-6-12-21(19)32-25(31)28-29-26(32)35-15-18-14-22(33)30-13-7-9-17(2)23(30)27-18/h3-14H,15H2,1-2H3. The molecule has 6 rings (SSSR count). The minimum atomic E-state index is -0.147. The normalized spacial score (nSPS) is 11.6. The van der Waals surface area contributed by atoms with Gasteiger partial charge in [-0.05, 0) is 49.2 Å². The summed E-state index contributed by atoms with van der Waals surface area (Å²) < 4.78 is 5.05. The van der Waals surface area contributed by atoms with E-state index in [2.05, 4.69) is 10.2 Å². The lowest BCUT2D eigenvalue weighted by molar-refractivity contribution is 0.926. The van der Waals surface area contributed by atoms with Gasteiger partial charge in [0.2, 0.25) is 5.78 Å². The summed E-state index contributed by atoms with van der Waals surface area (Å²) in [5, 5.41) is 10.0. The molecule has 4 aromatic heterocycles. The number of para-hydroxylation sites is 2. The van der Waals surface area contributed by atoms with Crippen LogP contribution in [0.4, 0.5) is 0 Å². The van der Waals surface area contributed by atoms with Crippen molar-refractivity contribution in [3.63, 3.8) is 0 Å². The zero-order valence-corrected chi connectivity index (χ0v) is 19.9. The number of pyridine rings is 1. The summed E-state index contributed by atoms with van der Waals surface area (Å²) in [6.45, 7) is 3.90. The van der Waals surface area contributed by atoms with Gasteiger partial charge in [0, 0.05) is 18.0 Å². The number of aromatic nitrogens is 6. The van der Waals surface area contributed by atoms with E-state index in [0.717, 1.165) is 22.3 Å². The van der Waals surface area contributed by atoms with Gasteiger partial charge in [0.1, 0.15) is 5.65 Å². The molecular weight excluding hydrogens is 460 g/mol. The molecule has 0 bridgehead atoms. The summed E-state index contributed by atoms with van der Waals surface area (Å²) in [7, 11) is 0. The lowest BCUT2D eigenvalue weighted by atomic mass is 10.2. The molecule has 0 fully saturated rings. The topological polar surface area (TPSA) is 86.6 Å². The van der Waals surface area contributed by atoms with Crippen molar-refractivity contribution in [2.24, 2.45) is 0 Å². The molecule has 9 heteroatoms. The Kier molecular flexibility index (Phi) is 5.00. The molecule has 0 atom stereocenters.